The SMILES string of the molecule is CCOC(=O)c1ccc(NC(=O)CCCc2nc(-c3ccccc3)no2)cc1. The van der Waals surface area contributed by atoms with E-state index >= 15 is 0 Å². The molecule has 0 saturated carbocycles. The van der Waals surface area contributed by atoms with Gasteiger partial charge in [-0.2, -0.15) is 4.98 Å². The van der Waals surface area contributed by atoms with E-state index in [1.807, 2.05) is 30.3 Å². The minimum Gasteiger partial charge on any atom is -0.462 e. The molecule has 28 heavy (non-hydrogen) atoms. The van der Waals surface area contributed by atoms with Gasteiger partial charge in [0.1, 0.15) is 0 Å². The van der Waals surface area contributed by atoms with Crippen LogP contribution in [-0.2, 0) is 16.0 Å². The standard InChI is InChI=1S/C21H21N3O4/c1-2-27-21(26)16-11-13-17(14-12-16)22-18(25)9-6-10-19-23-20(24-28-19)15-7-4-3-5-8-15/h3-5,7-8,11-14H,2,6,9-10H2,1H3,(H,22,25). The number of benzene rings is 2. The molecule has 2 aromatic carbocycles. The van der Waals surface area contributed by atoms with Crippen LogP contribution in [0.2, 0.25) is 0 Å². The summed E-state index contributed by atoms with van der Waals surface area (Å²) in [5.41, 5.74) is 1.97. The lowest BCUT2D eigenvalue weighted by Gasteiger charge is -2.06. The Morgan fingerprint density at radius 2 is 1.82 bits per heavy atom. The molecule has 0 unspecified atom stereocenters. The Morgan fingerprint density at radius 1 is 1.07 bits per heavy atom. The molecule has 0 saturated heterocycles. The van der Waals surface area contributed by atoms with Crippen LogP contribution in [0.3, 0.4) is 0 Å². The number of aromatic nitrogens is 2. The zero-order valence-electron chi connectivity index (χ0n) is 15.6. The third-order valence-corrected chi connectivity index (χ3v) is 3.97. The molecule has 1 heterocycles. The van der Waals surface area contributed by atoms with Crippen molar-refractivity contribution in [1.29, 1.82) is 0 Å². The number of rotatable bonds is 8. The first-order valence-corrected chi connectivity index (χ1v) is 9.10. The number of hydrogen-bond acceptors (Lipinski definition) is 6. The second-order valence-corrected chi connectivity index (χ2v) is 6.08. The van der Waals surface area contributed by atoms with E-state index in [9.17, 15) is 9.59 Å². The van der Waals surface area contributed by atoms with E-state index < -0.39 is 0 Å². The maximum Gasteiger partial charge on any atom is 0.338 e. The van der Waals surface area contributed by atoms with Gasteiger partial charge in [0.2, 0.25) is 17.6 Å². The van der Waals surface area contributed by atoms with Crippen LogP contribution in [0.5, 0.6) is 0 Å². The number of carbonyl (C=O) groups excluding carboxylic acids is 2. The molecule has 0 aliphatic heterocycles. The van der Waals surface area contributed by atoms with Crippen molar-refractivity contribution in [1.82, 2.24) is 10.1 Å². The summed E-state index contributed by atoms with van der Waals surface area (Å²) in [7, 11) is 0. The highest BCUT2D eigenvalue weighted by Gasteiger charge is 2.10. The molecule has 0 radical (unpaired) electrons. The average molecular weight is 379 g/mol. The number of hydrogen-bond donors (Lipinski definition) is 1. The van der Waals surface area contributed by atoms with Crippen LogP contribution in [0.1, 0.15) is 36.0 Å². The highest BCUT2D eigenvalue weighted by molar-refractivity contribution is 5.93. The van der Waals surface area contributed by atoms with Gasteiger partial charge in [0, 0.05) is 24.1 Å². The first-order valence-electron chi connectivity index (χ1n) is 9.10. The molecule has 7 heteroatoms. The van der Waals surface area contributed by atoms with Crippen molar-refractivity contribution in [3.8, 4) is 11.4 Å². The molecule has 144 valence electrons. The smallest absolute Gasteiger partial charge is 0.338 e. The van der Waals surface area contributed by atoms with E-state index in [0.29, 0.717) is 48.8 Å². The fraction of sp³-hybridized carbons (Fsp3) is 0.238. The largest absolute Gasteiger partial charge is 0.462 e. The third kappa shape index (κ3) is 5.26. The first-order chi connectivity index (χ1) is 13.7. The van der Waals surface area contributed by atoms with Crippen LogP contribution in [0.15, 0.2) is 59.1 Å². The summed E-state index contributed by atoms with van der Waals surface area (Å²) in [6.45, 7) is 2.08. The predicted molar refractivity (Wildman–Crippen MR) is 104 cm³/mol. The second-order valence-electron chi connectivity index (χ2n) is 6.08. The summed E-state index contributed by atoms with van der Waals surface area (Å²) < 4.78 is 10.2. The number of amides is 1. The molecule has 3 aromatic rings. The minimum atomic E-state index is -0.380. The zero-order valence-corrected chi connectivity index (χ0v) is 15.6. The summed E-state index contributed by atoms with van der Waals surface area (Å²) in [6.07, 6.45) is 1.43. The maximum atomic E-state index is 12.1. The van der Waals surface area contributed by atoms with Gasteiger partial charge in [-0.15, -0.1) is 0 Å². The molecule has 0 aliphatic rings. The Kier molecular flexibility index (Phi) is 6.51. The first kappa shape index (κ1) is 19.3. The van der Waals surface area contributed by atoms with E-state index in [-0.39, 0.29) is 11.9 Å². The van der Waals surface area contributed by atoms with Crippen LogP contribution in [0.4, 0.5) is 5.69 Å². The number of ether oxygens (including phenoxy) is 1. The zero-order chi connectivity index (χ0) is 19.8. The predicted octanol–water partition coefficient (Wildman–Crippen LogP) is 3.87. The molecule has 1 amide bonds. The van der Waals surface area contributed by atoms with Crippen LogP contribution < -0.4 is 5.32 Å². The molecule has 0 atom stereocenters. The maximum absolute atomic E-state index is 12.1. The molecular formula is C21H21N3O4. The van der Waals surface area contributed by atoms with E-state index in [4.69, 9.17) is 9.26 Å². The van der Waals surface area contributed by atoms with Crippen LogP contribution >= 0.6 is 0 Å². The number of esters is 1. The van der Waals surface area contributed by atoms with Gasteiger partial charge in [-0.05, 0) is 37.6 Å². The topological polar surface area (TPSA) is 94.3 Å². The quantitative estimate of drug-likeness (QED) is 0.597. The summed E-state index contributed by atoms with van der Waals surface area (Å²) >= 11 is 0. The van der Waals surface area contributed by atoms with Gasteiger partial charge < -0.3 is 14.6 Å². The van der Waals surface area contributed by atoms with Gasteiger partial charge in [-0.3, -0.25) is 4.79 Å². The Hall–Kier alpha value is -3.48. The van der Waals surface area contributed by atoms with E-state index in [0.717, 1.165) is 5.56 Å². The van der Waals surface area contributed by atoms with Gasteiger partial charge in [-0.25, -0.2) is 4.79 Å². The van der Waals surface area contributed by atoms with Gasteiger partial charge >= 0.3 is 5.97 Å². The lowest BCUT2D eigenvalue weighted by atomic mass is 10.2. The summed E-state index contributed by atoms with van der Waals surface area (Å²) in [6, 6.07) is 16.2. The number of carbonyl (C=O) groups is 2. The molecule has 0 spiro atoms. The van der Waals surface area contributed by atoms with Crippen molar-refractivity contribution in [2.24, 2.45) is 0 Å². The fourth-order valence-electron chi connectivity index (χ4n) is 2.59. The van der Waals surface area contributed by atoms with E-state index in [1.54, 1.807) is 31.2 Å². The van der Waals surface area contributed by atoms with Gasteiger partial charge in [0.15, 0.2) is 0 Å². The van der Waals surface area contributed by atoms with Crippen molar-refractivity contribution < 1.29 is 18.8 Å². The molecule has 7 nitrogen and oxygen atoms in total. The van der Waals surface area contributed by atoms with Crippen molar-refractivity contribution in [3.05, 3.63) is 66.1 Å². The van der Waals surface area contributed by atoms with Gasteiger partial charge in [0.05, 0.1) is 12.2 Å². The Morgan fingerprint density at radius 3 is 2.54 bits per heavy atom. The summed E-state index contributed by atoms with van der Waals surface area (Å²) in [4.78, 5) is 28.0. The molecule has 0 aliphatic carbocycles. The van der Waals surface area contributed by atoms with Gasteiger partial charge in [0.25, 0.3) is 0 Å². The van der Waals surface area contributed by atoms with E-state index in [2.05, 4.69) is 15.5 Å². The lowest BCUT2D eigenvalue weighted by Crippen LogP contribution is -2.12. The van der Waals surface area contributed by atoms with Crippen molar-refractivity contribution in [2.75, 3.05) is 11.9 Å². The fourth-order valence-corrected chi connectivity index (χ4v) is 2.59. The highest BCUT2D eigenvalue weighted by Crippen LogP contribution is 2.16. The average Bonchev–Trinajstić information content (AvgIpc) is 3.18. The van der Waals surface area contributed by atoms with Crippen LogP contribution in [0.25, 0.3) is 11.4 Å². The molecule has 0 fully saturated rings. The minimum absolute atomic E-state index is 0.119. The van der Waals surface area contributed by atoms with Crippen molar-refractivity contribution in [2.45, 2.75) is 26.2 Å². The molecule has 3 rings (SSSR count). The lowest BCUT2D eigenvalue weighted by molar-refractivity contribution is -0.116. The molecule has 1 N–H and O–H groups in total. The molecular weight excluding hydrogens is 358 g/mol. The van der Waals surface area contributed by atoms with Crippen molar-refractivity contribution >= 4 is 17.6 Å². The van der Waals surface area contributed by atoms with Crippen molar-refractivity contribution in [3.63, 3.8) is 0 Å². The summed E-state index contributed by atoms with van der Waals surface area (Å²) in [5, 5.41) is 6.76. The number of nitrogens with zero attached hydrogens (tertiary/aromatic N) is 2. The normalized spacial score (nSPS) is 10.5. The monoisotopic (exact) mass is 379 g/mol. The third-order valence-electron chi connectivity index (χ3n) is 3.97. The highest BCUT2D eigenvalue weighted by atomic mass is 16.5. The summed E-state index contributed by atoms with van der Waals surface area (Å²) in [5.74, 6) is 0.550. The van der Waals surface area contributed by atoms with Gasteiger partial charge in [-0.1, -0.05) is 35.5 Å². The number of aryl methyl sites for hydroxylation is 1. The molecule has 0 bridgehead atoms. The van der Waals surface area contributed by atoms with Crippen LogP contribution in [0, 0.1) is 0 Å². The Bertz CT molecular complexity index is 920. The second kappa shape index (κ2) is 9.45. The molecule has 1 aromatic heterocycles. The number of nitrogens with one attached hydrogen (secondary N) is 1. The number of anilines is 1. The van der Waals surface area contributed by atoms with E-state index in [1.165, 1.54) is 0 Å². The Labute approximate surface area is 162 Å². The van der Waals surface area contributed by atoms with Crippen LogP contribution in [-0.4, -0.2) is 28.6 Å². The Balaban J connectivity index is 1.45.